The molecule has 0 aromatic rings. The maximum atomic E-state index is 11.3. The van der Waals surface area contributed by atoms with E-state index in [1.165, 1.54) is 0 Å². The first kappa shape index (κ1) is 14.2. The van der Waals surface area contributed by atoms with E-state index in [0.717, 1.165) is 19.4 Å². The Morgan fingerprint density at radius 1 is 1.27 bits per heavy atom. The van der Waals surface area contributed by atoms with Crippen LogP contribution in [-0.2, 0) is 4.74 Å². The largest absolute Gasteiger partial charge is 0.381 e. The van der Waals surface area contributed by atoms with Gasteiger partial charge in [-0.3, -0.25) is 0 Å². The van der Waals surface area contributed by atoms with Crippen molar-refractivity contribution in [3.8, 4) is 0 Å². The molecule has 0 aromatic carbocycles. The molecule has 0 atom stereocenters. The third-order valence-corrected chi connectivity index (χ3v) is 1.59. The van der Waals surface area contributed by atoms with Crippen LogP contribution in [0.25, 0.3) is 0 Å². The van der Waals surface area contributed by atoms with Crippen molar-refractivity contribution >= 4 is 6.03 Å². The summed E-state index contributed by atoms with van der Waals surface area (Å²) in [6.07, 6.45) is 1.90. The van der Waals surface area contributed by atoms with E-state index in [2.05, 4.69) is 17.6 Å². The summed E-state index contributed by atoms with van der Waals surface area (Å²) in [5.41, 5.74) is -0.178. The predicted octanol–water partition coefficient (Wildman–Crippen LogP) is 1.90. The molecule has 0 bridgehead atoms. The van der Waals surface area contributed by atoms with E-state index >= 15 is 0 Å². The van der Waals surface area contributed by atoms with Crippen LogP contribution in [0, 0.1) is 0 Å². The maximum absolute atomic E-state index is 11.3. The Labute approximate surface area is 92.8 Å². The number of carbonyl (C=O) groups excluding carboxylic acids is 1. The van der Waals surface area contributed by atoms with E-state index in [-0.39, 0.29) is 11.6 Å². The molecule has 90 valence electrons. The van der Waals surface area contributed by atoms with E-state index in [1.54, 1.807) is 0 Å². The third kappa shape index (κ3) is 11.2. The van der Waals surface area contributed by atoms with Crippen LogP contribution in [0.5, 0.6) is 0 Å². The summed E-state index contributed by atoms with van der Waals surface area (Å²) in [7, 11) is 0. The number of carbonyl (C=O) groups is 1. The van der Waals surface area contributed by atoms with Gasteiger partial charge in [-0.2, -0.15) is 0 Å². The van der Waals surface area contributed by atoms with Crippen LogP contribution < -0.4 is 10.6 Å². The summed E-state index contributed by atoms with van der Waals surface area (Å²) in [4.78, 5) is 11.3. The second-order valence-electron chi connectivity index (χ2n) is 4.60. The zero-order chi connectivity index (χ0) is 11.7. The topological polar surface area (TPSA) is 50.4 Å². The molecule has 0 spiro atoms. The standard InChI is InChI=1S/C11H24N2O2/c1-5-8-15-9-6-7-12-10(14)13-11(2,3)4/h5-9H2,1-4H3,(H2,12,13,14). The minimum absolute atomic E-state index is 0.113. The summed E-state index contributed by atoms with van der Waals surface area (Å²) in [6, 6.07) is -0.113. The van der Waals surface area contributed by atoms with Crippen LogP contribution in [0.3, 0.4) is 0 Å². The van der Waals surface area contributed by atoms with Crippen LogP contribution >= 0.6 is 0 Å². The van der Waals surface area contributed by atoms with Gasteiger partial charge in [-0.1, -0.05) is 6.92 Å². The monoisotopic (exact) mass is 216 g/mol. The second-order valence-corrected chi connectivity index (χ2v) is 4.60. The van der Waals surface area contributed by atoms with Crippen LogP contribution in [0.1, 0.15) is 40.5 Å². The summed E-state index contributed by atoms with van der Waals surface area (Å²) < 4.78 is 5.29. The molecule has 0 radical (unpaired) electrons. The fourth-order valence-corrected chi connectivity index (χ4v) is 1.01. The summed E-state index contributed by atoms with van der Waals surface area (Å²) in [5, 5.41) is 5.62. The Morgan fingerprint density at radius 2 is 1.93 bits per heavy atom. The molecule has 0 saturated carbocycles. The zero-order valence-corrected chi connectivity index (χ0v) is 10.4. The van der Waals surface area contributed by atoms with Gasteiger partial charge in [-0.05, 0) is 33.6 Å². The van der Waals surface area contributed by atoms with Crippen molar-refractivity contribution < 1.29 is 9.53 Å². The van der Waals surface area contributed by atoms with Gasteiger partial charge in [-0.25, -0.2) is 4.79 Å². The van der Waals surface area contributed by atoms with Gasteiger partial charge in [0.2, 0.25) is 0 Å². The highest BCUT2D eigenvalue weighted by atomic mass is 16.5. The van der Waals surface area contributed by atoms with Crippen LogP contribution in [-0.4, -0.2) is 31.3 Å². The lowest BCUT2D eigenvalue weighted by molar-refractivity contribution is 0.132. The normalized spacial score (nSPS) is 11.2. The van der Waals surface area contributed by atoms with Crippen molar-refractivity contribution in [2.24, 2.45) is 0 Å². The fourth-order valence-electron chi connectivity index (χ4n) is 1.01. The Balaban J connectivity index is 3.32. The molecule has 0 aliphatic heterocycles. The minimum atomic E-state index is -0.178. The molecule has 2 amide bonds. The van der Waals surface area contributed by atoms with Gasteiger partial charge in [0, 0.05) is 25.3 Å². The quantitative estimate of drug-likeness (QED) is 0.666. The molecule has 0 rings (SSSR count). The highest BCUT2D eigenvalue weighted by Gasteiger charge is 2.12. The van der Waals surface area contributed by atoms with Crippen molar-refractivity contribution in [2.75, 3.05) is 19.8 Å². The minimum Gasteiger partial charge on any atom is -0.381 e. The van der Waals surface area contributed by atoms with E-state index in [0.29, 0.717) is 13.2 Å². The van der Waals surface area contributed by atoms with Gasteiger partial charge >= 0.3 is 6.03 Å². The lowest BCUT2D eigenvalue weighted by Gasteiger charge is -2.20. The summed E-state index contributed by atoms with van der Waals surface area (Å²) in [5.74, 6) is 0. The Morgan fingerprint density at radius 3 is 2.47 bits per heavy atom. The third-order valence-electron chi connectivity index (χ3n) is 1.59. The van der Waals surface area contributed by atoms with E-state index in [1.807, 2.05) is 20.8 Å². The molecular weight excluding hydrogens is 192 g/mol. The molecule has 0 aromatic heterocycles. The number of amides is 2. The Hall–Kier alpha value is -0.770. The number of hydrogen-bond donors (Lipinski definition) is 2. The number of rotatable bonds is 6. The van der Waals surface area contributed by atoms with Crippen LogP contribution in [0.15, 0.2) is 0 Å². The van der Waals surface area contributed by atoms with Gasteiger partial charge in [0.25, 0.3) is 0 Å². The Kier molecular flexibility index (Phi) is 7.13. The average molecular weight is 216 g/mol. The second kappa shape index (κ2) is 7.51. The number of urea groups is 1. The number of hydrogen-bond acceptors (Lipinski definition) is 2. The van der Waals surface area contributed by atoms with E-state index in [4.69, 9.17) is 4.74 Å². The lowest BCUT2D eigenvalue weighted by Crippen LogP contribution is -2.46. The molecular formula is C11H24N2O2. The summed E-state index contributed by atoms with van der Waals surface area (Å²) >= 11 is 0. The molecule has 2 N–H and O–H groups in total. The van der Waals surface area contributed by atoms with E-state index in [9.17, 15) is 4.79 Å². The SMILES string of the molecule is CCCOCCCNC(=O)NC(C)(C)C. The van der Waals surface area contributed by atoms with Crippen molar-refractivity contribution in [2.45, 2.75) is 46.1 Å². The summed E-state index contributed by atoms with van der Waals surface area (Å²) in [6.45, 7) is 10.1. The highest BCUT2D eigenvalue weighted by molar-refractivity contribution is 5.74. The van der Waals surface area contributed by atoms with Crippen LogP contribution in [0.2, 0.25) is 0 Å². The van der Waals surface area contributed by atoms with Crippen molar-refractivity contribution in [3.63, 3.8) is 0 Å². The van der Waals surface area contributed by atoms with Crippen molar-refractivity contribution in [1.82, 2.24) is 10.6 Å². The maximum Gasteiger partial charge on any atom is 0.315 e. The zero-order valence-electron chi connectivity index (χ0n) is 10.4. The molecule has 0 aliphatic rings. The van der Waals surface area contributed by atoms with Crippen LogP contribution in [0.4, 0.5) is 4.79 Å². The lowest BCUT2D eigenvalue weighted by atomic mass is 10.1. The first-order valence-electron chi connectivity index (χ1n) is 5.59. The van der Waals surface area contributed by atoms with Crippen molar-refractivity contribution in [1.29, 1.82) is 0 Å². The molecule has 0 saturated heterocycles. The van der Waals surface area contributed by atoms with Gasteiger partial charge in [0.15, 0.2) is 0 Å². The Bertz CT molecular complexity index is 176. The van der Waals surface area contributed by atoms with E-state index < -0.39 is 0 Å². The average Bonchev–Trinajstić information content (AvgIpc) is 2.08. The van der Waals surface area contributed by atoms with Crippen molar-refractivity contribution in [3.05, 3.63) is 0 Å². The number of nitrogens with one attached hydrogen (secondary N) is 2. The molecule has 4 heteroatoms. The highest BCUT2D eigenvalue weighted by Crippen LogP contribution is 1.97. The predicted molar refractivity (Wildman–Crippen MR) is 62.0 cm³/mol. The van der Waals surface area contributed by atoms with Gasteiger partial charge in [0.05, 0.1) is 0 Å². The van der Waals surface area contributed by atoms with Gasteiger partial charge in [0.1, 0.15) is 0 Å². The van der Waals surface area contributed by atoms with Gasteiger partial charge in [-0.15, -0.1) is 0 Å². The molecule has 0 aliphatic carbocycles. The molecule has 0 unspecified atom stereocenters. The number of ether oxygens (including phenoxy) is 1. The smallest absolute Gasteiger partial charge is 0.315 e. The fraction of sp³-hybridized carbons (Fsp3) is 0.909. The van der Waals surface area contributed by atoms with Gasteiger partial charge < -0.3 is 15.4 Å². The first-order chi connectivity index (χ1) is 6.95. The molecule has 15 heavy (non-hydrogen) atoms. The molecule has 4 nitrogen and oxygen atoms in total. The molecule has 0 heterocycles. The molecule has 0 fully saturated rings. The first-order valence-corrected chi connectivity index (χ1v) is 5.59.